The van der Waals surface area contributed by atoms with Gasteiger partial charge in [0.2, 0.25) is 6.79 Å². The number of aromatic nitrogens is 2. The summed E-state index contributed by atoms with van der Waals surface area (Å²) in [6, 6.07) is 3.80. The van der Waals surface area contributed by atoms with Crippen molar-refractivity contribution in [2.24, 2.45) is 10.7 Å². The van der Waals surface area contributed by atoms with Crippen molar-refractivity contribution in [2.75, 3.05) is 6.79 Å². The van der Waals surface area contributed by atoms with Crippen LogP contribution in [-0.4, -0.2) is 27.4 Å². The normalized spacial score (nSPS) is 19.0. The summed E-state index contributed by atoms with van der Waals surface area (Å²) >= 11 is 4.99. The van der Waals surface area contributed by atoms with E-state index < -0.39 is 0 Å². The summed E-state index contributed by atoms with van der Waals surface area (Å²) in [5.41, 5.74) is 6.93. The van der Waals surface area contributed by atoms with Crippen LogP contribution in [0.5, 0.6) is 11.5 Å². The van der Waals surface area contributed by atoms with Gasteiger partial charge in [-0.3, -0.25) is 4.31 Å². The van der Waals surface area contributed by atoms with E-state index in [4.69, 9.17) is 15.2 Å². The molecule has 0 aliphatic carbocycles. The molecule has 0 spiro atoms. The molecule has 21 heavy (non-hydrogen) atoms. The number of aliphatic imine (C=N–C) groups is 1. The van der Waals surface area contributed by atoms with Gasteiger partial charge < -0.3 is 20.2 Å². The van der Waals surface area contributed by atoms with Crippen molar-refractivity contribution >= 4 is 40.0 Å². The van der Waals surface area contributed by atoms with Crippen molar-refractivity contribution in [3.8, 4) is 11.5 Å². The monoisotopic (exact) mass is 367 g/mol. The third kappa shape index (κ3) is 2.17. The van der Waals surface area contributed by atoms with Crippen molar-refractivity contribution in [1.29, 1.82) is 0 Å². The molecule has 108 valence electrons. The van der Waals surface area contributed by atoms with Crippen LogP contribution in [0.1, 0.15) is 11.9 Å². The molecule has 1 atom stereocenters. The zero-order valence-corrected chi connectivity index (χ0v) is 13.0. The molecule has 1 aromatic carbocycles. The highest BCUT2D eigenvalue weighted by Gasteiger charge is 2.26. The van der Waals surface area contributed by atoms with Crippen LogP contribution in [0.25, 0.3) is 0 Å². The molecule has 1 aromatic heterocycles. The maximum absolute atomic E-state index is 6.21. The van der Waals surface area contributed by atoms with E-state index in [1.807, 2.05) is 16.4 Å². The molecule has 0 bridgehead atoms. The summed E-state index contributed by atoms with van der Waals surface area (Å²) in [6.45, 7) is 0.247. The minimum Gasteiger partial charge on any atom is -0.454 e. The maximum atomic E-state index is 6.21. The number of ether oxygens (including phenoxy) is 2. The molecule has 2 aliphatic rings. The molecule has 2 aliphatic heterocycles. The molecule has 1 unspecified atom stereocenters. The SMILES string of the molecule is NC1c2nc[nH]c2N=CN1Sc1cc2c(cc1Br)OCO2. The maximum Gasteiger partial charge on any atom is 0.231 e. The Morgan fingerprint density at radius 3 is 3.05 bits per heavy atom. The molecule has 0 saturated carbocycles. The first kappa shape index (κ1) is 13.0. The van der Waals surface area contributed by atoms with E-state index in [2.05, 4.69) is 30.9 Å². The smallest absolute Gasteiger partial charge is 0.231 e. The zero-order chi connectivity index (χ0) is 14.4. The van der Waals surface area contributed by atoms with E-state index in [1.54, 1.807) is 12.7 Å². The third-order valence-corrected chi connectivity index (χ3v) is 5.12. The Bertz CT molecular complexity index is 734. The Morgan fingerprint density at radius 1 is 1.38 bits per heavy atom. The molecule has 0 fully saturated rings. The molecule has 9 heteroatoms. The first-order valence-corrected chi connectivity index (χ1v) is 7.67. The fraction of sp³-hybridized carbons (Fsp3) is 0.167. The van der Waals surface area contributed by atoms with Crippen LogP contribution >= 0.6 is 27.9 Å². The number of halogens is 1. The average Bonchev–Trinajstić information content (AvgIpc) is 3.10. The van der Waals surface area contributed by atoms with Crippen molar-refractivity contribution in [1.82, 2.24) is 14.3 Å². The van der Waals surface area contributed by atoms with Crippen LogP contribution in [0.3, 0.4) is 0 Å². The van der Waals surface area contributed by atoms with Crippen LogP contribution in [0.2, 0.25) is 0 Å². The quantitative estimate of drug-likeness (QED) is 0.792. The standard InChI is InChI=1S/C12H10BrN5O2S/c13-6-1-7-8(20-5-19-7)2-9(6)21-18-4-17-12-10(11(18)14)15-3-16-12/h1-4,11H,5,14H2,(H,15,16). The van der Waals surface area contributed by atoms with Gasteiger partial charge in [-0.25, -0.2) is 9.98 Å². The third-order valence-electron chi connectivity index (χ3n) is 3.13. The van der Waals surface area contributed by atoms with Gasteiger partial charge in [0.25, 0.3) is 0 Å². The van der Waals surface area contributed by atoms with E-state index in [9.17, 15) is 0 Å². The number of H-pyrrole nitrogens is 1. The summed E-state index contributed by atoms with van der Waals surface area (Å²) in [4.78, 5) is 12.4. The first-order chi connectivity index (χ1) is 10.2. The zero-order valence-electron chi connectivity index (χ0n) is 10.6. The Balaban J connectivity index is 1.62. The van der Waals surface area contributed by atoms with E-state index >= 15 is 0 Å². The van der Waals surface area contributed by atoms with Crippen molar-refractivity contribution in [3.63, 3.8) is 0 Å². The van der Waals surface area contributed by atoms with E-state index in [1.165, 1.54) is 11.9 Å². The fourth-order valence-corrected chi connectivity index (χ4v) is 3.47. The highest BCUT2D eigenvalue weighted by Crippen LogP contribution is 2.43. The van der Waals surface area contributed by atoms with Crippen molar-refractivity contribution in [2.45, 2.75) is 11.1 Å². The van der Waals surface area contributed by atoms with Crippen LogP contribution < -0.4 is 15.2 Å². The van der Waals surface area contributed by atoms with Gasteiger partial charge in [-0.2, -0.15) is 0 Å². The lowest BCUT2D eigenvalue weighted by Crippen LogP contribution is -2.30. The molecule has 2 aromatic rings. The first-order valence-electron chi connectivity index (χ1n) is 6.11. The molecule has 0 amide bonds. The predicted molar refractivity (Wildman–Crippen MR) is 81.6 cm³/mol. The lowest BCUT2D eigenvalue weighted by molar-refractivity contribution is 0.174. The Kier molecular flexibility index (Phi) is 3.05. The molecular weight excluding hydrogens is 358 g/mol. The van der Waals surface area contributed by atoms with Gasteiger partial charge in [0.05, 0.1) is 6.33 Å². The van der Waals surface area contributed by atoms with E-state index in [0.717, 1.165) is 26.6 Å². The van der Waals surface area contributed by atoms with Gasteiger partial charge in [0.1, 0.15) is 18.2 Å². The highest BCUT2D eigenvalue weighted by molar-refractivity contribution is 9.10. The summed E-state index contributed by atoms with van der Waals surface area (Å²) in [7, 11) is 0. The number of imidazole rings is 1. The second-order valence-electron chi connectivity index (χ2n) is 4.41. The topological polar surface area (TPSA) is 88.8 Å². The summed E-state index contributed by atoms with van der Waals surface area (Å²) in [5, 5.41) is 0. The number of nitrogens with zero attached hydrogens (tertiary/aromatic N) is 3. The molecular formula is C12H10BrN5O2S. The van der Waals surface area contributed by atoms with Gasteiger partial charge >= 0.3 is 0 Å². The summed E-state index contributed by atoms with van der Waals surface area (Å²) < 4.78 is 13.5. The predicted octanol–water partition coefficient (Wildman–Crippen LogP) is 2.54. The number of aromatic amines is 1. The highest BCUT2D eigenvalue weighted by atomic mass is 79.9. The summed E-state index contributed by atoms with van der Waals surface area (Å²) in [5.74, 6) is 2.16. The second kappa shape index (κ2) is 4.93. The van der Waals surface area contributed by atoms with Gasteiger partial charge in [-0.05, 0) is 33.9 Å². The summed E-state index contributed by atoms with van der Waals surface area (Å²) in [6.07, 6.45) is 2.91. The lowest BCUT2D eigenvalue weighted by Gasteiger charge is -2.27. The fourth-order valence-electron chi connectivity index (χ4n) is 2.09. The van der Waals surface area contributed by atoms with Gasteiger partial charge in [0.15, 0.2) is 17.3 Å². The van der Waals surface area contributed by atoms with Crippen molar-refractivity contribution in [3.05, 3.63) is 28.6 Å². The van der Waals surface area contributed by atoms with Crippen LogP contribution in [0, 0.1) is 0 Å². The number of fused-ring (bicyclic) bond motifs is 2. The van der Waals surface area contributed by atoms with Crippen LogP contribution in [0.4, 0.5) is 5.82 Å². The number of benzene rings is 1. The Hall–Kier alpha value is -1.71. The minimum absolute atomic E-state index is 0.247. The van der Waals surface area contributed by atoms with Gasteiger partial charge in [0, 0.05) is 15.4 Å². The number of rotatable bonds is 2. The average molecular weight is 368 g/mol. The second-order valence-corrected chi connectivity index (χ2v) is 6.31. The molecule has 0 saturated heterocycles. The minimum atomic E-state index is -0.369. The number of nitrogens with two attached hydrogens (primary N) is 1. The Labute approximate surface area is 132 Å². The van der Waals surface area contributed by atoms with Gasteiger partial charge in [-0.1, -0.05) is 0 Å². The van der Waals surface area contributed by atoms with E-state index in [0.29, 0.717) is 5.82 Å². The van der Waals surface area contributed by atoms with Crippen LogP contribution in [0.15, 0.2) is 32.8 Å². The number of hydrogen-bond donors (Lipinski definition) is 2. The largest absolute Gasteiger partial charge is 0.454 e. The molecule has 3 heterocycles. The Morgan fingerprint density at radius 2 is 2.19 bits per heavy atom. The van der Waals surface area contributed by atoms with Crippen molar-refractivity contribution < 1.29 is 9.47 Å². The number of nitrogens with one attached hydrogen (secondary N) is 1. The molecule has 7 nitrogen and oxygen atoms in total. The lowest BCUT2D eigenvalue weighted by atomic mass is 10.3. The van der Waals surface area contributed by atoms with Gasteiger partial charge in [-0.15, -0.1) is 0 Å². The molecule has 0 radical (unpaired) electrons. The molecule has 4 rings (SSSR count). The number of hydrogen-bond acceptors (Lipinski definition) is 7. The van der Waals surface area contributed by atoms with E-state index in [-0.39, 0.29) is 13.0 Å². The molecule has 3 N–H and O–H groups in total. The van der Waals surface area contributed by atoms with Crippen LogP contribution in [-0.2, 0) is 0 Å².